The highest BCUT2D eigenvalue weighted by molar-refractivity contribution is 7.00. The second kappa shape index (κ2) is 13.7. The van der Waals surface area contributed by atoms with Crippen LogP contribution in [0.25, 0.3) is 44.5 Å². The standard InChI is InChI=1S/C54H37BN2/c1-5-16-38(17-6-1)41-28-32-45(33-29-41)56-51-26-15-27-52-54(51)55(47-34-30-44(37-53(47)56)40-20-9-3-10-21-40)48-36-43(39-18-7-2-8-19-39)31-35-50(48)57(52)49-25-14-13-24-46(49)42-22-11-4-12-23-42/h1-37H. The Morgan fingerprint density at radius 3 is 1.39 bits per heavy atom. The van der Waals surface area contributed by atoms with E-state index in [2.05, 4.69) is 234 Å². The Balaban J connectivity index is 1.19. The van der Waals surface area contributed by atoms with E-state index >= 15 is 0 Å². The van der Waals surface area contributed by atoms with Crippen LogP contribution in [0.2, 0.25) is 0 Å². The van der Waals surface area contributed by atoms with Gasteiger partial charge in [-0.2, -0.15) is 0 Å². The summed E-state index contributed by atoms with van der Waals surface area (Å²) in [5.41, 5.74) is 20.6. The third-order valence-corrected chi connectivity index (χ3v) is 11.7. The van der Waals surface area contributed by atoms with Crippen LogP contribution in [0.4, 0.5) is 34.1 Å². The van der Waals surface area contributed by atoms with Crippen molar-refractivity contribution in [3.63, 3.8) is 0 Å². The van der Waals surface area contributed by atoms with Gasteiger partial charge in [0.25, 0.3) is 6.71 Å². The zero-order chi connectivity index (χ0) is 37.7. The molecule has 2 aliphatic rings. The summed E-state index contributed by atoms with van der Waals surface area (Å²) >= 11 is 0. The van der Waals surface area contributed by atoms with E-state index in [4.69, 9.17) is 0 Å². The summed E-state index contributed by atoms with van der Waals surface area (Å²) in [6.45, 7) is 0.00895. The summed E-state index contributed by atoms with van der Waals surface area (Å²) in [5, 5.41) is 0. The third-order valence-electron chi connectivity index (χ3n) is 11.7. The molecule has 0 amide bonds. The first kappa shape index (κ1) is 33.0. The van der Waals surface area contributed by atoms with Crippen molar-refractivity contribution in [3.8, 4) is 44.5 Å². The van der Waals surface area contributed by atoms with Crippen molar-refractivity contribution in [1.82, 2.24) is 0 Å². The van der Waals surface area contributed by atoms with E-state index in [9.17, 15) is 0 Å². The van der Waals surface area contributed by atoms with Gasteiger partial charge >= 0.3 is 0 Å². The van der Waals surface area contributed by atoms with Gasteiger partial charge in [0.15, 0.2) is 0 Å². The molecule has 0 radical (unpaired) electrons. The molecule has 9 aromatic carbocycles. The van der Waals surface area contributed by atoms with Gasteiger partial charge in [-0.3, -0.25) is 0 Å². The Bertz CT molecular complexity index is 2890. The average molecular weight is 725 g/mol. The number of hydrogen-bond donors (Lipinski definition) is 0. The first-order valence-corrected chi connectivity index (χ1v) is 19.7. The van der Waals surface area contributed by atoms with Gasteiger partial charge in [0, 0.05) is 34.0 Å². The lowest BCUT2D eigenvalue weighted by atomic mass is 9.33. The maximum absolute atomic E-state index is 2.52. The second-order valence-corrected chi connectivity index (χ2v) is 14.9. The van der Waals surface area contributed by atoms with Crippen molar-refractivity contribution in [2.75, 3.05) is 9.80 Å². The van der Waals surface area contributed by atoms with E-state index in [1.54, 1.807) is 0 Å². The number of benzene rings is 9. The molecule has 0 fully saturated rings. The SMILES string of the molecule is c1ccc(-c2ccc(N3c4cc(-c5ccccc5)ccc4B4c5cc(-c6ccccc6)ccc5N(c5ccccc5-c5ccccc5)c5cccc3c54)cc2)cc1. The average Bonchev–Trinajstić information content (AvgIpc) is 3.30. The minimum Gasteiger partial charge on any atom is -0.311 e. The summed E-state index contributed by atoms with van der Waals surface area (Å²) in [5.74, 6) is 0. The Hall–Kier alpha value is -7.36. The Kier molecular flexibility index (Phi) is 7.96. The first-order valence-electron chi connectivity index (χ1n) is 19.7. The molecule has 57 heavy (non-hydrogen) atoms. The summed E-state index contributed by atoms with van der Waals surface area (Å²) in [7, 11) is 0. The van der Waals surface area contributed by atoms with Crippen molar-refractivity contribution in [1.29, 1.82) is 0 Å². The van der Waals surface area contributed by atoms with Gasteiger partial charge in [0.1, 0.15) is 0 Å². The molecule has 9 aromatic rings. The normalized spacial score (nSPS) is 12.5. The molecule has 2 nitrogen and oxygen atoms in total. The molecule has 2 aliphatic heterocycles. The number of anilines is 6. The predicted molar refractivity (Wildman–Crippen MR) is 242 cm³/mol. The fraction of sp³-hybridized carbons (Fsp3) is 0. The van der Waals surface area contributed by atoms with Gasteiger partial charge in [-0.1, -0.05) is 182 Å². The maximum Gasteiger partial charge on any atom is 0.252 e. The van der Waals surface area contributed by atoms with Crippen LogP contribution >= 0.6 is 0 Å². The molecule has 0 aliphatic carbocycles. The van der Waals surface area contributed by atoms with Crippen LogP contribution in [0.15, 0.2) is 224 Å². The zero-order valence-electron chi connectivity index (χ0n) is 31.3. The Labute approximate surface area is 334 Å². The van der Waals surface area contributed by atoms with Crippen LogP contribution in [0.3, 0.4) is 0 Å². The number of fused-ring (bicyclic) bond motifs is 4. The molecular weight excluding hydrogens is 687 g/mol. The van der Waals surface area contributed by atoms with Gasteiger partial charge in [-0.05, 0) is 97.8 Å². The monoisotopic (exact) mass is 724 g/mol. The molecular formula is C54H37BN2. The molecule has 0 saturated carbocycles. The summed E-state index contributed by atoms with van der Waals surface area (Å²) in [4.78, 5) is 5.01. The highest BCUT2D eigenvalue weighted by Crippen LogP contribution is 2.47. The van der Waals surface area contributed by atoms with E-state index in [1.807, 2.05) is 0 Å². The molecule has 11 rings (SSSR count). The lowest BCUT2D eigenvalue weighted by Crippen LogP contribution is -2.61. The number of para-hydroxylation sites is 1. The molecule has 0 spiro atoms. The van der Waals surface area contributed by atoms with Crippen molar-refractivity contribution >= 4 is 57.2 Å². The molecule has 2 heterocycles. The van der Waals surface area contributed by atoms with Crippen LogP contribution in [0, 0.1) is 0 Å². The molecule has 0 unspecified atom stereocenters. The minimum absolute atomic E-state index is 0.00895. The fourth-order valence-corrected chi connectivity index (χ4v) is 9.06. The van der Waals surface area contributed by atoms with Crippen LogP contribution in [-0.4, -0.2) is 6.71 Å². The minimum atomic E-state index is 0.00895. The molecule has 3 heteroatoms. The maximum atomic E-state index is 2.52. The van der Waals surface area contributed by atoms with Gasteiger partial charge in [0.2, 0.25) is 0 Å². The van der Waals surface area contributed by atoms with Crippen LogP contribution in [0.1, 0.15) is 0 Å². The van der Waals surface area contributed by atoms with Gasteiger partial charge < -0.3 is 9.80 Å². The highest BCUT2D eigenvalue weighted by atomic mass is 15.2. The smallest absolute Gasteiger partial charge is 0.252 e. The fourth-order valence-electron chi connectivity index (χ4n) is 9.06. The summed E-state index contributed by atoms with van der Waals surface area (Å²) in [6, 6.07) is 82.0. The Morgan fingerprint density at radius 2 is 0.737 bits per heavy atom. The topological polar surface area (TPSA) is 6.48 Å². The quantitative estimate of drug-likeness (QED) is 0.158. The van der Waals surface area contributed by atoms with Crippen molar-refractivity contribution in [3.05, 3.63) is 224 Å². The van der Waals surface area contributed by atoms with Crippen LogP contribution in [0.5, 0.6) is 0 Å². The second-order valence-electron chi connectivity index (χ2n) is 14.9. The predicted octanol–water partition coefficient (Wildman–Crippen LogP) is 12.4. The van der Waals surface area contributed by atoms with E-state index in [0.717, 1.165) is 11.4 Å². The first-order chi connectivity index (χ1) is 28.3. The summed E-state index contributed by atoms with van der Waals surface area (Å²) < 4.78 is 0. The van der Waals surface area contributed by atoms with Gasteiger partial charge in [0.05, 0.1) is 5.69 Å². The van der Waals surface area contributed by atoms with E-state index in [-0.39, 0.29) is 6.71 Å². The molecule has 0 aromatic heterocycles. The van der Waals surface area contributed by atoms with Crippen LogP contribution < -0.4 is 26.2 Å². The highest BCUT2D eigenvalue weighted by Gasteiger charge is 2.43. The molecule has 0 bridgehead atoms. The van der Waals surface area contributed by atoms with Crippen LogP contribution in [-0.2, 0) is 0 Å². The van der Waals surface area contributed by atoms with Gasteiger partial charge in [-0.15, -0.1) is 0 Å². The molecule has 266 valence electrons. The number of nitrogens with zero attached hydrogens (tertiary/aromatic N) is 2. The third kappa shape index (κ3) is 5.59. The van der Waals surface area contributed by atoms with Gasteiger partial charge in [-0.25, -0.2) is 0 Å². The van der Waals surface area contributed by atoms with E-state index in [1.165, 1.54) is 83.6 Å². The molecule has 0 atom stereocenters. The molecule has 0 N–H and O–H groups in total. The Morgan fingerprint density at radius 1 is 0.263 bits per heavy atom. The lowest BCUT2D eigenvalue weighted by Gasteiger charge is -2.44. The van der Waals surface area contributed by atoms with Crippen molar-refractivity contribution < 1.29 is 0 Å². The van der Waals surface area contributed by atoms with Crippen molar-refractivity contribution in [2.24, 2.45) is 0 Å². The van der Waals surface area contributed by atoms with Crippen molar-refractivity contribution in [2.45, 2.75) is 0 Å². The summed E-state index contributed by atoms with van der Waals surface area (Å²) in [6.07, 6.45) is 0. The van der Waals surface area contributed by atoms with E-state index < -0.39 is 0 Å². The zero-order valence-corrected chi connectivity index (χ0v) is 31.3. The number of hydrogen-bond acceptors (Lipinski definition) is 2. The van der Waals surface area contributed by atoms with E-state index in [0.29, 0.717) is 0 Å². The number of rotatable bonds is 6. The molecule has 0 saturated heterocycles. The largest absolute Gasteiger partial charge is 0.311 e. The lowest BCUT2D eigenvalue weighted by molar-refractivity contribution is 1.25.